The number of halogens is 1. The van der Waals surface area contributed by atoms with Crippen LogP contribution in [0.5, 0.6) is 0 Å². The molecule has 4 nitrogen and oxygen atoms in total. The Morgan fingerprint density at radius 3 is 2.65 bits per heavy atom. The lowest BCUT2D eigenvalue weighted by atomic mass is 9.94. The van der Waals surface area contributed by atoms with Crippen molar-refractivity contribution >= 4 is 21.8 Å². The number of amides is 1. The molecule has 1 aromatic carbocycles. The molecule has 1 amide bonds. The quantitative estimate of drug-likeness (QED) is 0.872. The lowest BCUT2D eigenvalue weighted by molar-refractivity contribution is 0.0211. The van der Waals surface area contributed by atoms with E-state index in [1.807, 2.05) is 24.3 Å². The summed E-state index contributed by atoms with van der Waals surface area (Å²) in [6.45, 7) is 4.91. The third-order valence-corrected chi connectivity index (χ3v) is 5.49. The molecular weight excluding hydrogens is 356 g/mol. The number of hydrogen-bond donors (Lipinski definition) is 1. The Morgan fingerprint density at radius 2 is 1.96 bits per heavy atom. The molecule has 1 aromatic rings. The van der Waals surface area contributed by atoms with Gasteiger partial charge in [0.15, 0.2) is 0 Å². The first-order chi connectivity index (χ1) is 11.2. The van der Waals surface area contributed by atoms with Crippen molar-refractivity contribution in [3.8, 4) is 0 Å². The van der Waals surface area contributed by atoms with Crippen molar-refractivity contribution < 1.29 is 9.53 Å². The molecule has 0 radical (unpaired) electrons. The normalized spacial score (nSPS) is 21.3. The maximum atomic E-state index is 12.2. The number of hydrogen-bond acceptors (Lipinski definition) is 3. The third kappa shape index (κ3) is 4.78. The van der Waals surface area contributed by atoms with Gasteiger partial charge in [-0.2, -0.15) is 0 Å². The Balaban J connectivity index is 1.41. The Kier molecular flexibility index (Phi) is 6.08. The SMILES string of the molecule is O=C(NCC1CCN(C2CCOCC2)CC1)c1cccc(Br)c1. The van der Waals surface area contributed by atoms with Crippen molar-refractivity contribution in [1.82, 2.24) is 10.2 Å². The summed E-state index contributed by atoms with van der Waals surface area (Å²) in [5.74, 6) is 0.625. The maximum absolute atomic E-state index is 12.2. The van der Waals surface area contributed by atoms with Crippen molar-refractivity contribution in [2.24, 2.45) is 5.92 Å². The fourth-order valence-electron chi connectivity index (χ4n) is 3.54. The second-order valence-corrected chi connectivity index (χ2v) is 7.46. The topological polar surface area (TPSA) is 41.6 Å². The molecule has 2 aliphatic heterocycles. The van der Waals surface area contributed by atoms with Crippen LogP contribution in [0.3, 0.4) is 0 Å². The minimum atomic E-state index is 0.0261. The molecule has 2 saturated heterocycles. The lowest BCUT2D eigenvalue weighted by Crippen LogP contribution is -2.45. The zero-order chi connectivity index (χ0) is 16.1. The minimum Gasteiger partial charge on any atom is -0.381 e. The summed E-state index contributed by atoms with van der Waals surface area (Å²) in [6, 6.07) is 8.26. The third-order valence-electron chi connectivity index (χ3n) is 4.99. The largest absolute Gasteiger partial charge is 0.381 e. The maximum Gasteiger partial charge on any atom is 0.251 e. The summed E-state index contributed by atoms with van der Waals surface area (Å²) in [4.78, 5) is 14.8. The highest BCUT2D eigenvalue weighted by molar-refractivity contribution is 9.10. The number of ether oxygens (including phenoxy) is 1. The second-order valence-electron chi connectivity index (χ2n) is 6.54. The van der Waals surface area contributed by atoms with Gasteiger partial charge in [0.25, 0.3) is 5.91 Å². The summed E-state index contributed by atoms with van der Waals surface area (Å²) in [5, 5.41) is 3.09. The first kappa shape index (κ1) is 16.9. The molecular formula is C18H25BrN2O2. The summed E-state index contributed by atoms with van der Waals surface area (Å²) in [5.41, 5.74) is 0.721. The standard InChI is InChI=1S/C18H25BrN2O2/c19-16-3-1-2-15(12-16)18(22)20-13-14-4-8-21(9-5-14)17-6-10-23-11-7-17/h1-3,12,14,17H,4-11,13H2,(H,20,22). The van der Waals surface area contributed by atoms with E-state index in [4.69, 9.17) is 4.74 Å². The van der Waals surface area contributed by atoms with Gasteiger partial charge < -0.3 is 15.0 Å². The van der Waals surface area contributed by atoms with Crippen LogP contribution in [0, 0.1) is 5.92 Å². The average molecular weight is 381 g/mol. The minimum absolute atomic E-state index is 0.0261. The number of likely N-dealkylation sites (tertiary alicyclic amines) is 1. The number of nitrogens with one attached hydrogen (secondary N) is 1. The molecule has 0 aliphatic carbocycles. The van der Waals surface area contributed by atoms with Crippen LogP contribution >= 0.6 is 15.9 Å². The number of nitrogens with zero attached hydrogens (tertiary/aromatic N) is 1. The highest BCUT2D eigenvalue weighted by Crippen LogP contribution is 2.23. The smallest absolute Gasteiger partial charge is 0.251 e. The molecule has 2 heterocycles. The van der Waals surface area contributed by atoms with Crippen molar-refractivity contribution in [2.75, 3.05) is 32.8 Å². The van der Waals surface area contributed by atoms with E-state index in [-0.39, 0.29) is 5.91 Å². The zero-order valence-electron chi connectivity index (χ0n) is 13.5. The van der Waals surface area contributed by atoms with Crippen molar-refractivity contribution in [3.05, 3.63) is 34.3 Å². The molecule has 1 N–H and O–H groups in total. The highest BCUT2D eigenvalue weighted by Gasteiger charge is 2.26. The van der Waals surface area contributed by atoms with Crippen molar-refractivity contribution in [1.29, 1.82) is 0 Å². The fourth-order valence-corrected chi connectivity index (χ4v) is 3.94. The van der Waals surface area contributed by atoms with Crippen LogP contribution in [0.4, 0.5) is 0 Å². The molecule has 126 valence electrons. The predicted molar refractivity (Wildman–Crippen MR) is 94.6 cm³/mol. The van der Waals surface area contributed by atoms with E-state index in [0.717, 1.165) is 42.9 Å². The number of carbonyl (C=O) groups is 1. The van der Waals surface area contributed by atoms with E-state index in [1.54, 1.807) is 0 Å². The van der Waals surface area contributed by atoms with Crippen LogP contribution in [-0.2, 0) is 4.74 Å². The molecule has 0 unspecified atom stereocenters. The van der Waals surface area contributed by atoms with Gasteiger partial charge in [-0.25, -0.2) is 0 Å². The summed E-state index contributed by atoms with van der Waals surface area (Å²) < 4.78 is 6.39. The monoisotopic (exact) mass is 380 g/mol. The van der Waals surface area contributed by atoms with Crippen LogP contribution in [0.2, 0.25) is 0 Å². The van der Waals surface area contributed by atoms with E-state index < -0.39 is 0 Å². The van der Waals surface area contributed by atoms with Gasteiger partial charge in [-0.05, 0) is 62.9 Å². The Hall–Kier alpha value is -0.910. The Morgan fingerprint density at radius 1 is 1.22 bits per heavy atom. The van der Waals surface area contributed by atoms with Crippen LogP contribution < -0.4 is 5.32 Å². The van der Waals surface area contributed by atoms with Crippen LogP contribution in [0.25, 0.3) is 0 Å². The van der Waals surface area contributed by atoms with E-state index in [1.165, 1.54) is 25.7 Å². The van der Waals surface area contributed by atoms with E-state index >= 15 is 0 Å². The summed E-state index contributed by atoms with van der Waals surface area (Å²) in [6.07, 6.45) is 4.70. The van der Waals surface area contributed by atoms with Gasteiger partial charge in [0, 0.05) is 35.8 Å². The van der Waals surface area contributed by atoms with E-state index in [0.29, 0.717) is 12.0 Å². The van der Waals surface area contributed by atoms with Gasteiger partial charge in [0.1, 0.15) is 0 Å². The number of rotatable bonds is 4. The van der Waals surface area contributed by atoms with E-state index in [9.17, 15) is 4.79 Å². The second kappa shape index (κ2) is 8.27. The first-order valence-electron chi connectivity index (χ1n) is 8.58. The Labute approximate surface area is 146 Å². The zero-order valence-corrected chi connectivity index (χ0v) is 15.1. The molecule has 0 bridgehead atoms. The fraction of sp³-hybridized carbons (Fsp3) is 0.611. The van der Waals surface area contributed by atoms with Crippen molar-refractivity contribution in [2.45, 2.75) is 31.7 Å². The van der Waals surface area contributed by atoms with Crippen LogP contribution in [-0.4, -0.2) is 49.7 Å². The predicted octanol–water partition coefficient (Wildman–Crippen LogP) is 3.07. The first-order valence-corrected chi connectivity index (χ1v) is 9.37. The van der Waals surface area contributed by atoms with Gasteiger partial charge in [-0.15, -0.1) is 0 Å². The van der Waals surface area contributed by atoms with Gasteiger partial charge in [0.2, 0.25) is 0 Å². The lowest BCUT2D eigenvalue weighted by Gasteiger charge is -2.39. The van der Waals surface area contributed by atoms with Gasteiger partial charge in [-0.3, -0.25) is 4.79 Å². The molecule has 5 heteroatoms. The highest BCUT2D eigenvalue weighted by atomic mass is 79.9. The van der Waals surface area contributed by atoms with Gasteiger partial charge >= 0.3 is 0 Å². The molecule has 2 aliphatic rings. The average Bonchev–Trinajstić information content (AvgIpc) is 2.61. The molecule has 0 aromatic heterocycles. The van der Waals surface area contributed by atoms with Crippen LogP contribution in [0.1, 0.15) is 36.0 Å². The summed E-state index contributed by atoms with van der Waals surface area (Å²) in [7, 11) is 0. The summed E-state index contributed by atoms with van der Waals surface area (Å²) >= 11 is 3.41. The molecule has 2 fully saturated rings. The van der Waals surface area contributed by atoms with Gasteiger partial charge in [0.05, 0.1) is 0 Å². The molecule has 0 spiro atoms. The molecule has 23 heavy (non-hydrogen) atoms. The number of carbonyl (C=O) groups excluding carboxylic acids is 1. The molecule has 0 atom stereocenters. The molecule has 3 rings (SSSR count). The van der Waals surface area contributed by atoms with E-state index in [2.05, 4.69) is 26.1 Å². The number of benzene rings is 1. The van der Waals surface area contributed by atoms with Gasteiger partial charge in [-0.1, -0.05) is 22.0 Å². The Bertz CT molecular complexity index is 524. The molecule has 0 saturated carbocycles. The van der Waals surface area contributed by atoms with Crippen LogP contribution in [0.15, 0.2) is 28.7 Å². The number of piperidine rings is 1. The van der Waals surface area contributed by atoms with Crippen molar-refractivity contribution in [3.63, 3.8) is 0 Å².